The fourth-order valence-corrected chi connectivity index (χ4v) is 2.11. The third-order valence-corrected chi connectivity index (χ3v) is 3.35. The Bertz CT molecular complexity index is 273. The predicted molar refractivity (Wildman–Crippen MR) is 71.8 cm³/mol. The second-order valence-electron chi connectivity index (χ2n) is 4.04. The molecule has 0 saturated carbocycles. The van der Waals surface area contributed by atoms with Crippen molar-refractivity contribution in [2.45, 2.75) is 32.2 Å². The fraction of sp³-hybridized carbons (Fsp3) is 0.750. The zero-order valence-corrected chi connectivity index (χ0v) is 11.2. The molecule has 0 atom stereocenters. The van der Waals surface area contributed by atoms with Crippen molar-refractivity contribution < 1.29 is 0 Å². The van der Waals surface area contributed by atoms with E-state index >= 15 is 0 Å². The monoisotopic (exact) mass is 241 g/mol. The van der Waals surface area contributed by atoms with Crippen molar-refractivity contribution in [2.24, 2.45) is 7.05 Å². The lowest BCUT2D eigenvalue weighted by atomic mass is 10.2. The predicted octanol–water partition coefficient (Wildman–Crippen LogP) is 2.43. The lowest BCUT2D eigenvalue weighted by Crippen LogP contribution is -2.17. The summed E-state index contributed by atoms with van der Waals surface area (Å²) in [5.41, 5.74) is 0. The average molecular weight is 241 g/mol. The Balaban J connectivity index is 1.91. The number of imidazole rings is 1. The number of rotatable bonds is 9. The van der Waals surface area contributed by atoms with Gasteiger partial charge in [0.25, 0.3) is 0 Å². The van der Waals surface area contributed by atoms with Crippen LogP contribution in [-0.2, 0) is 13.6 Å². The summed E-state index contributed by atoms with van der Waals surface area (Å²) in [4.78, 5) is 4.27. The topological polar surface area (TPSA) is 29.9 Å². The number of thioether (sulfide) groups is 1. The first-order valence-electron chi connectivity index (χ1n) is 6.00. The summed E-state index contributed by atoms with van der Waals surface area (Å²) in [5, 5.41) is 3.43. The first-order valence-corrected chi connectivity index (χ1v) is 7.40. The van der Waals surface area contributed by atoms with E-state index in [0.29, 0.717) is 0 Å². The highest BCUT2D eigenvalue weighted by molar-refractivity contribution is 7.98. The van der Waals surface area contributed by atoms with Crippen LogP contribution in [0.3, 0.4) is 0 Å². The molecular weight excluding hydrogens is 218 g/mol. The summed E-state index contributed by atoms with van der Waals surface area (Å²) in [6, 6.07) is 0. The van der Waals surface area contributed by atoms with Crippen LogP contribution < -0.4 is 5.32 Å². The van der Waals surface area contributed by atoms with E-state index in [0.717, 1.165) is 18.9 Å². The number of aromatic nitrogens is 2. The van der Waals surface area contributed by atoms with Crippen LogP contribution in [0.25, 0.3) is 0 Å². The van der Waals surface area contributed by atoms with Crippen molar-refractivity contribution >= 4 is 11.8 Å². The quantitative estimate of drug-likeness (QED) is 0.673. The summed E-state index contributed by atoms with van der Waals surface area (Å²) in [6.07, 6.45) is 11.4. The lowest BCUT2D eigenvalue weighted by Gasteiger charge is -2.04. The SMILES string of the molecule is CSCCCCCCNCc1nccn1C. The summed E-state index contributed by atoms with van der Waals surface area (Å²) < 4.78 is 2.06. The van der Waals surface area contributed by atoms with Crippen LogP contribution in [0.4, 0.5) is 0 Å². The molecule has 0 radical (unpaired) electrons. The molecule has 1 heterocycles. The lowest BCUT2D eigenvalue weighted by molar-refractivity contribution is 0.580. The molecule has 0 bridgehead atoms. The molecule has 3 nitrogen and oxygen atoms in total. The van der Waals surface area contributed by atoms with Gasteiger partial charge in [-0.05, 0) is 31.4 Å². The van der Waals surface area contributed by atoms with E-state index in [1.807, 2.05) is 31.2 Å². The highest BCUT2D eigenvalue weighted by Crippen LogP contribution is 2.04. The van der Waals surface area contributed by atoms with Gasteiger partial charge in [0, 0.05) is 19.4 Å². The Morgan fingerprint density at radius 2 is 2.12 bits per heavy atom. The van der Waals surface area contributed by atoms with Crippen molar-refractivity contribution in [3.8, 4) is 0 Å². The molecule has 0 unspecified atom stereocenters. The van der Waals surface area contributed by atoms with Crippen LogP contribution in [0, 0.1) is 0 Å². The van der Waals surface area contributed by atoms with Gasteiger partial charge in [0.2, 0.25) is 0 Å². The molecule has 0 aliphatic rings. The molecule has 0 aliphatic heterocycles. The van der Waals surface area contributed by atoms with Gasteiger partial charge in [-0.2, -0.15) is 11.8 Å². The summed E-state index contributed by atoms with van der Waals surface area (Å²) >= 11 is 1.94. The first-order chi connectivity index (χ1) is 7.84. The van der Waals surface area contributed by atoms with Crippen LogP contribution in [0.15, 0.2) is 12.4 Å². The van der Waals surface area contributed by atoms with Gasteiger partial charge >= 0.3 is 0 Å². The van der Waals surface area contributed by atoms with E-state index in [1.54, 1.807) is 0 Å². The van der Waals surface area contributed by atoms with Crippen LogP contribution >= 0.6 is 11.8 Å². The van der Waals surface area contributed by atoms with Crippen LogP contribution in [-0.4, -0.2) is 28.1 Å². The fourth-order valence-electron chi connectivity index (χ4n) is 1.62. The summed E-state index contributed by atoms with van der Waals surface area (Å²) in [5.74, 6) is 2.42. The molecule has 0 aromatic carbocycles. The van der Waals surface area contributed by atoms with Crippen molar-refractivity contribution in [3.05, 3.63) is 18.2 Å². The Labute approximate surface area is 103 Å². The van der Waals surface area contributed by atoms with Crippen molar-refractivity contribution in [1.29, 1.82) is 0 Å². The number of hydrogen-bond acceptors (Lipinski definition) is 3. The molecule has 92 valence electrons. The van der Waals surface area contributed by atoms with E-state index in [1.165, 1.54) is 31.4 Å². The van der Waals surface area contributed by atoms with E-state index in [-0.39, 0.29) is 0 Å². The Morgan fingerprint density at radius 1 is 1.31 bits per heavy atom. The second kappa shape index (κ2) is 8.65. The molecule has 16 heavy (non-hydrogen) atoms. The smallest absolute Gasteiger partial charge is 0.122 e. The third-order valence-electron chi connectivity index (χ3n) is 2.66. The highest BCUT2D eigenvalue weighted by Gasteiger charge is 1.97. The third kappa shape index (κ3) is 5.56. The van der Waals surface area contributed by atoms with Gasteiger partial charge in [0.05, 0.1) is 6.54 Å². The van der Waals surface area contributed by atoms with Gasteiger partial charge < -0.3 is 9.88 Å². The zero-order chi connectivity index (χ0) is 11.6. The van der Waals surface area contributed by atoms with Gasteiger partial charge in [-0.25, -0.2) is 4.98 Å². The standard InChI is InChI=1S/C12H23N3S/c1-15-9-8-14-12(15)11-13-7-5-3-4-6-10-16-2/h8-9,13H,3-7,10-11H2,1-2H3. The molecule has 1 N–H and O–H groups in total. The minimum Gasteiger partial charge on any atom is -0.337 e. The molecule has 1 rings (SSSR count). The minimum atomic E-state index is 0.883. The summed E-state index contributed by atoms with van der Waals surface area (Å²) in [6.45, 7) is 1.99. The molecule has 4 heteroatoms. The first kappa shape index (κ1) is 13.6. The van der Waals surface area contributed by atoms with Crippen LogP contribution in [0.2, 0.25) is 0 Å². The maximum absolute atomic E-state index is 4.27. The molecule has 0 saturated heterocycles. The molecule has 0 fully saturated rings. The maximum Gasteiger partial charge on any atom is 0.122 e. The number of hydrogen-bond donors (Lipinski definition) is 1. The number of nitrogens with zero attached hydrogens (tertiary/aromatic N) is 2. The maximum atomic E-state index is 4.27. The van der Waals surface area contributed by atoms with Crippen molar-refractivity contribution in [3.63, 3.8) is 0 Å². The zero-order valence-electron chi connectivity index (χ0n) is 10.4. The van der Waals surface area contributed by atoms with Gasteiger partial charge in [0.15, 0.2) is 0 Å². The van der Waals surface area contributed by atoms with Crippen LogP contribution in [0.5, 0.6) is 0 Å². The van der Waals surface area contributed by atoms with Gasteiger partial charge in [-0.15, -0.1) is 0 Å². The molecule has 0 amide bonds. The molecule has 1 aromatic rings. The molecular formula is C12H23N3S. The van der Waals surface area contributed by atoms with E-state index in [9.17, 15) is 0 Å². The van der Waals surface area contributed by atoms with Gasteiger partial charge in [-0.1, -0.05) is 12.8 Å². The number of unbranched alkanes of at least 4 members (excludes halogenated alkanes) is 3. The minimum absolute atomic E-state index is 0.883. The molecule has 0 spiro atoms. The Hall–Kier alpha value is -0.480. The summed E-state index contributed by atoms with van der Waals surface area (Å²) in [7, 11) is 2.03. The van der Waals surface area contributed by atoms with E-state index in [4.69, 9.17) is 0 Å². The van der Waals surface area contributed by atoms with E-state index < -0.39 is 0 Å². The van der Waals surface area contributed by atoms with Crippen molar-refractivity contribution in [2.75, 3.05) is 18.6 Å². The Kier molecular flexibility index (Phi) is 7.34. The molecule has 1 aromatic heterocycles. The number of nitrogens with one attached hydrogen (secondary N) is 1. The second-order valence-corrected chi connectivity index (χ2v) is 5.02. The van der Waals surface area contributed by atoms with Gasteiger partial charge in [-0.3, -0.25) is 0 Å². The normalized spacial score (nSPS) is 10.9. The highest BCUT2D eigenvalue weighted by atomic mass is 32.2. The van der Waals surface area contributed by atoms with Gasteiger partial charge in [0.1, 0.15) is 5.82 Å². The van der Waals surface area contributed by atoms with Crippen LogP contribution in [0.1, 0.15) is 31.5 Å². The average Bonchev–Trinajstić information content (AvgIpc) is 2.68. The van der Waals surface area contributed by atoms with Crippen molar-refractivity contribution in [1.82, 2.24) is 14.9 Å². The largest absolute Gasteiger partial charge is 0.337 e. The Morgan fingerprint density at radius 3 is 2.81 bits per heavy atom. The van der Waals surface area contributed by atoms with E-state index in [2.05, 4.69) is 21.1 Å². The number of aryl methyl sites for hydroxylation is 1. The molecule has 0 aliphatic carbocycles.